The third-order valence-electron chi connectivity index (χ3n) is 7.12. The number of aryl methyl sites for hydroxylation is 1. The van der Waals surface area contributed by atoms with Gasteiger partial charge in [-0.25, -0.2) is 0 Å². The molecule has 1 aromatic heterocycles. The van der Waals surface area contributed by atoms with Crippen molar-refractivity contribution in [2.24, 2.45) is 11.8 Å². The number of aliphatic hydroxyl groups excluding tert-OH is 2. The lowest BCUT2D eigenvalue weighted by atomic mass is 9.81. The number of hydrogen-bond donors (Lipinski definition) is 2. The highest BCUT2D eigenvalue weighted by molar-refractivity contribution is 7.99. The predicted molar refractivity (Wildman–Crippen MR) is 140 cm³/mol. The van der Waals surface area contributed by atoms with Gasteiger partial charge in [-0.3, -0.25) is 4.98 Å². The van der Waals surface area contributed by atoms with Gasteiger partial charge in [0.1, 0.15) is 5.75 Å². The number of ether oxygens (including phenoxy) is 1. The molecule has 0 amide bonds. The monoisotopic (exact) mass is 480 g/mol. The molecule has 34 heavy (non-hydrogen) atoms. The SMILES string of the molecule is COc1ccc2nccc([C@@H](O)CC[C@@H]3CCN(CCSc4ccccc4C)C[C@@H]3CO)c2c1. The lowest BCUT2D eigenvalue weighted by Gasteiger charge is -2.38. The molecule has 0 aliphatic carbocycles. The van der Waals surface area contributed by atoms with Crippen LogP contribution in [0.2, 0.25) is 0 Å². The number of pyridine rings is 1. The van der Waals surface area contributed by atoms with Crippen LogP contribution in [-0.2, 0) is 0 Å². The summed E-state index contributed by atoms with van der Waals surface area (Å²) in [5.74, 6) is 2.52. The highest BCUT2D eigenvalue weighted by atomic mass is 32.2. The third-order valence-corrected chi connectivity index (χ3v) is 8.28. The number of methoxy groups -OCH3 is 1. The Balaban J connectivity index is 1.30. The van der Waals surface area contributed by atoms with Crippen LogP contribution in [0, 0.1) is 18.8 Å². The zero-order chi connectivity index (χ0) is 23.9. The first-order valence-electron chi connectivity index (χ1n) is 12.2. The van der Waals surface area contributed by atoms with E-state index in [1.807, 2.05) is 36.0 Å². The summed E-state index contributed by atoms with van der Waals surface area (Å²) in [5, 5.41) is 22.0. The molecular weight excluding hydrogens is 444 g/mol. The van der Waals surface area contributed by atoms with Crippen molar-refractivity contribution in [2.45, 2.75) is 37.2 Å². The van der Waals surface area contributed by atoms with Crippen LogP contribution < -0.4 is 4.74 Å². The lowest BCUT2D eigenvalue weighted by molar-refractivity contribution is 0.0608. The van der Waals surface area contributed by atoms with Gasteiger partial charge in [0.15, 0.2) is 0 Å². The van der Waals surface area contributed by atoms with E-state index in [1.165, 1.54) is 10.5 Å². The van der Waals surface area contributed by atoms with Crippen LogP contribution in [0.15, 0.2) is 59.6 Å². The first-order chi connectivity index (χ1) is 16.6. The first kappa shape index (κ1) is 25.0. The van der Waals surface area contributed by atoms with Gasteiger partial charge < -0.3 is 19.8 Å². The van der Waals surface area contributed by atoms with E-state index in [4.69, 9.17) is 4.74 Å². The Morgan fingerprint density at radius 3 is 2.82 bits per heavy atom. The van der Waals surface area contributed by atoms with E-state index >= 15 is 0 Å². The van der Waals surface area contributed by atoms with Gasteiger partial charge in [0.2, 0.25) is 0 Å². The Bertz CT molecular complexity index is 1080. The fourth-order valence-electron chi connectivity index (χ4n) is 5.04. The summed E-state index contributed by atoms with van der Waals surface area (Å²) in [6.07, 6.45) is 3.86. The first-order valence-corrected chi connectivity index (χ1v) is 13.2. The molecule has 3 aromatic rings. The van der Waals surface area contributed by atoms with Crippen LogP contribution in [-0.4, -0.2) is 59.2 Å². The quantitative estimate of drug-likeness (QED) is 0.394. The molecule has 0 unspecified atom stereocenters. The topological polar surface area (TPSA) is 65.8 Å². The van der Waals surface area contributed by atoms with Gasteiger partial charge in [0.05, 0.1) is 18.7 Å². The van der Waals surface area contributed by atoms with Gasteiger partial charge in [0, 0.05) is 41.9 Å². The molecule has 1 aliphatic heterocycles. The fraction of sp³-hybridized carbons (Fsp3) is 0.464. The van der Waals surface area contributed by atoms with E-state index in [1.54, 1.807) is 13.3 Å². The number of rotatable bonds is 10. The van der Waals surface area contributed by atoms with Gasteiger partial charge in [-0.05, 0) is 86.0 Å². The summed E-state index contributed by atoms with van der Waals surface area (Å²) in [4.78, 5) is 8.27. The minimum absolute atomic E-state index is 0.206. The molecule has 3 atom stereocenters. The van der Waals surface area contributed by atoms with Crippen molar-refractivity contribution in [3.8, 4) is 5.75 Å². The van der Waals surface area contributed by atoms with Gasteiger partial charge in [-0.1, -0.05) is 18.2 Å². The molecule has 1 saturated heterocycles. The average molecular weight is 481 g/mol. The van der Waals surface area contributed by atoms with Crippen molar-refractivity contribution in [1.82, 2.24) is 9.88 Å². The number of piperidine rings is 1. The highest BCUT2D eigenvalue weighted by Gasteiger charge is 2.29. The Labute approximate surface area is 207 Å². The maximum absolute atomic E-state index is 11.0. The predicted octanol–water partition coefficient (Wildman–Crippen LogP) is 5.09. The second-order valence-electron chi connectivity index (χ2n) is 9.28. The zero-order valence-electron chi connectivity index (χ0n) is 20.2. The number of hydrogen-bond acceptors (Lipinski definition) is 6. The number of nitrogens with zero attached hydrogens (tertiary/aromatic N) is 2. The van der Waals surface area contributed by atoms with Crippen LogP contribution >= 0.6 is 11.8 Å². The molecule has 0 bridgehead atoms. The largest absolute Gasteiger partial charge is 0.497 e. The molecule has 0 spiro atoms. The standard InChI is InChI=1S/C28H36N2O3S/c1-20-5-3-4-6-28(20)34-16-15-30-14-12-21(22(18-30)19-31)7-10-27(32)24-11-13-29-26-9-8-23(33-2)17-25(24)26/h3-6,8-9,11,13,17,21-22,27,31-32H,7,10,12,14-16,18-19H2,1-2H3/t21-,22-,27+/m1/s1. The van der Waals surface area contributed by atoms with E-state index < -0.39 is 6.10 Å². The number of aliphatic hydroxyl groups is 2. The highest BCUT2D eigenvalue weighted by Crippen LogP contribution is 2.33. The van der Waals surface area contributed by atoms with E-state index in [2.05, 4.69) is 41.1 Å². The van der Waals surface area contributed by atoms with Crippen molar-refractivity contribution in [3.63, 3.8) is 0 Å². The molecule has 0 radical (unpaired) electrons. The Morgan fingerprint density at radius 1 is 1.18 bits per heavy atom. The Kier molecular flexibility index (Phi) is 8.84. The molecule has 2 aromatic carbocycles. The summed E-state index contributed by atoms with van der Waals surface area (Å²) < 4.78 is 5.37. The number of aromatic nitrogens is 1. The number of fused-ring (bicyclic) bond motifs is 1. The van der Waals surface area contributed by atoms with Crippen molar-refractivity contribution < 1.29 is 14.9 Å². The summed E-state index contributed by atoms with van der Waals surface area (Å²) in [7, 11) is 1.65. The van der Waals surface area contributed by atoms with Crippen LogP contribution in [0.1, 0.15) is 36.5 Å². The molecule has 2 heterocycles. The molecule has 0 saturated carbocycles. The normalized spacial score (nSPS) is 19.9. The second-order valence-corrected chi connectivity index (χ2v) is 10.4. The summed E-state index contributed by atoms with van der Waals surface area (Å²) >= 11 is 1.91. The molecule has 2 N–H and O–H groups in total. The zero-order valence-corrected chi connectivity index (χ0v) is 21.0. The van der Waals surface area contributed by atoms with Crippen molar-refractivity contribution >= 4 is 22.7 Å². The van der Waals surface area contributed by atoms with Crippen LogP contribution in [0.3, 0.4) is 0 Å². The summed E-state index contributed by atoms with van der Waals surface area (Å²) in [6.45, 7) is 5.39. The van der Waals surface area contributed by atoms with E-state index in [0.717, 1.165) is 60.4 Å². The Morgan fingerprint density at radius 2 is 2.03 bits per heavy atom. The van der Waals surface area contributed by atoms with Gasteiger partial charge in [-0.2, -0.15) is 0 Å². The van der Waals surface area contributed by atoms with Gasteiger partial charge in [-0.15, -0.1) is 11.8 Å². The smallest absolute Gasteiger partial charge is 0.119 e. The third kappa shape index (κ3) is 6.11. The number of benzene rings is 2. The van der Waals surface area contributed by atoms with Crippen LogP contribution in [0.4, 0.5) is 0 Å². The molecule has 4 rings (SSSR count). The van der Waals surface area contributed by atoms with E-state index in [0.29, 0.717) is 12.3 Å². The van der Waals surface area contributed by atoms with Gasteiger partial charge >= 0.3 is 0 Å². The molecule has 1 aliphatic rings. The van der Waals surface area contributed by atoms with Crippen molar-refractivity contribution in [3.05, 3.63) is 65.9 Å². The lowest BCUT2D eigenvalue weighted by Crippen LogP contribution is -2.43. The average Bonchev–Trinajstić information content (AvgIpc) is 2.88. The van der Waals surface area contributed by atoms with E-state index in [9.17, 15) is 10.2 Å². The second kappa shape index (κ2) is 12.0. The number of thioether (sulfide) groups is 1. The maximum Gasteiger partial charge on any atom is 0.119 e. The molecule has 6 heteroatoms. The van der Waals surface area contributed by atoms with Gasteiger partial charge in [0.25, 0.3) is 0 Å². The van der Waals surface area contributed by atoms with Crippen LogP contribution in [0.25, 0.3) is 10.9 Å². The maximum atomic E-state index is 11.0. The number of likely N-dealkylation sites (tertiary alicyclic amines) is 1. The summed E-state index contributed by atoms with van der Waals surface area (Å²) in [6, 6.07) is 16.2. The summed E-state index contributed by atoms with van der Waals surface area (Å²) in [5.41, 5.74) is 3.09. The fourth-order valence-corrected chi connectivity index (χ4v) is 6.08. The minimum atomic E-state index is -0.555. The van der Waals surface area contributed by atoms with E-state index in [-0.39, 0.29) is 12.5 Å². The Hall–Kier alpha value is -2.12. The molecular formula is C28H36N2O3S. The van der Waals surface area contributed by atoms with Crippen molar-refractivity contribution in [2.75, 3.05) is 39.1 Å². The minimum Gasteiger partial charge on any atom is -0.497 e. The molecule has 182 valence electrons. The molecule has 1 fully saturated rings. The molecule has 5 nitrogen and oxygen atoms in total. The van der Waals surface area contributed by atoms with Crippen LogP contribution in [0.5, 0.6) is 5.75 Å². The van der Waals surface area contributed by atoms with Crippen molar-refractivity contribution in [1.29, 1.82) is 0 Å².